The highest BCUT2D eigenvalue weighted by Gasteiger charge is 2.18. The zero-order valence-electron chi connectivity index (χ0n) is 14.5. The third-order valence-corrected chi connectivity index (χ3v) is 5.23. The average molecular weight is 335 g/mol. The van der Waals surface area contributed by atoms with E-state index in [4.69, 9.17) is 0 Å². The summed E-state index contributed by atoms with van der Waals surface area (Å²) in [7, 11) is 0. The van der Waals surface area contributed by atoms with E-state index in [0.717, 1.165) is 50.8 Å². The first kappa shape index (κ1) is 18.3. The van der Waals surface area contributed by atoms with Gasteiger partial charge in [0.2, 0.25) is 5.91 Å². The van der Waals surface area contributed by atoms with E-state index in [2.05, 4.69) is 54.0 Å². The molecule has 1 saturated heterocycles. The van der Waals surface area contributed by atoms with Crippen molar-refractivity contribution in [2.45, 2.75) is 33.2 Å². The second kappa shape index (κ2) is 9.99. The van der Waals surface area contributed by atoms with Crippen LogP contribution in [-0.4, -0.2) is 53.4 Å². The van der Waals surface area contributed by atoms with Crippen LogP contribution in [0, 0.1) is 5.92 Å². The molecule has 0 unspecified atom stereocenters. The van der Waals surface area contributed by atoms with Crippen molar-refractivity contribution in [2.75, 3.05) is 37.7 Å². The molecule has 4 heteroatoms. The van der Waals surface area contributed by atoms with Gasteiger partial charge in [-0.3, -0.25) is 9.69 Å². The highest BCUT2D eigenvalue weighted by molar-refractivity contribution is 7.99. The minimum Gasteiger partial charge on any atom is -0.341 e. The number of amides is 1. The molecule has 1 aliphatic rings. The number of carbonyl (C=O) groups is 1. The molecular weight excluding hydrogens is 304 g/mol. The van der Waals surface area contributed by atoms with E-state index >= 15 is 0 Å². The van der Waals surface area contributed by atoms with E-state index in [1.54, 1.807) is 11.8 Å². The molecule has 1 aliphatic heterocycles. The Morgan fingerprint density at radius 3 is 2.65 bits per heavy atom. The topological polar surface area (TPSA) is 23.6 Å². The van der Waals surface area contributed by atoms with Crippen LogP contribution in [0.2, 0.25) is 0 Å². The van der Waals surface area contributed by atoms with E-state index in [-0.39, 0.29) is 0 Å². The highest BCUT2D eigenvalue weighted by Crippen LogP contribution is 2.12. The molecule has 1 aromatic rings. The van der Waals surface area contributed by atoms with Crippen LogP contribution in [0.4, 0.5) is 0 Å². The molecule has 0 saturated carbocycles. The Labute approximate surface area is 145 Å². The minimum absolute atomic E-state index is 0.320. The molecule has 1 heterocycles. The summed E-state index contributed by atoms with van der Waals surface area (Å²) < 4.78 is 0. The Morgan fingerprint density at radius 1 is 1.13 bits per heavy atom. The molecule has 0 radical (unpaired) electrons. The molecule has 0 aliphatic carbocycles. The summed E-state index contributed by atoms with van der Waals surface area (Å²) in [6.07, 6.45) is 2.28. The highest BCUT2D eigenvalue weighted by atomic mass is 32.2. The first-order valence-corrected chi connectivity index (χ1v) is 9.92. The van der Waals surface area contributed by atoms with Gasteiger partial charge in [-0.15, -0.1) is 0 Å². The SMILES string of the molecule is CC(C)CCSCC(=O)N1CCCN(Cc2ccccc2)CC1. The number of thioether (sulfide) groups is 1. The van der Waals surface area contributed by atoms with E-state index in [0.29, 0.717) is 11.7 Å². The van der Waals surface area contributed by atoms with Gasteiger partial charge in [0, 0.05) is 32.7 Å². The summed E-state index contributed by atoms with van der Waals surface area (Å²) in [6.45, 7) is 9.31. The van der Waals surface area contributed by atoms with Gasteiger partial charge in [-0.05, 0) is 30.1 Å². The van der Waals surface area contributed by atoms with Gasteiger partial charge in [0.05, 0.1) is 5.75 Å². The summed E-state index contributed by atoms with van der Waals surface area (Å²) in [4.78, 5) is 16.9. The monoisotopic (exact) mass is 334 g/mol. The number of benzene rings is 1. The third-order valence-electron chi connectivity index (χ3n) is 4.26. The number of hydrogen-bond acceptors (Lipinski definition) is 3. The van der Waals surface area contributed by atoms with Crippen LogP contribution in [0.5, 0.6) is 0 Å². The Balaban J connectivity index is 1.71. The lowest BCUT2D eigenvalue weighted by molar-refractivity contribution is -0.128. The maximum absolute atomic E-state index is 12.3. The Hall–Kier alpha value is -1.00. The first-order valence-electron chi connectivity index (χ1n) is 8.77. The number of hydrogen-bond donors (Lipinski definition) is 0. The Morgan fingerprint density at radius 2 is 1.91 bits per heavy atom. The fourth-order valence-corrected chi connectivity index (χ4v) is 3.93. The van der Waals surface area contributed by atoms with Crippen molar-refractivity contribution < 1.29 is 4.79 Å². The molecule has 0 N–H and O–H groups in total. The van der Waals surface area contributed by atoms with Crippen molar-refractivity contribution in [3.05, 3.63) is 35.9 Å². The zero-order valence-corrected chi connectivity index (χ0v) is 15.4. The van der Waals surface area contributed by atoms with E-state index in [1.165, 1.54) is 12.0 Å². The molecular formula is C19H30N2OS. The van der Waals surface area contributed by atoms with Crippen molar-refractivity contribution >= 4 is 17.7 Å². The van der Waals surface area contributed by atoms with Crippen LogP contribution in [-0.2, 0) is 11.3 Å². The van der Waals surface area contributed by atoms with Crippen LogP contribution in [0.1, 0.15) is 32.3 Å². The Bertz CT molecular complexity index is 464. The summed E-state index contributed by atoms with van der Waals surface area (Å²) in [5, 5.41) is 0. The van der Waals surface area contributed by atoms with Gasteiger partial charge in [0.25, 0.3) is 0 Å². The van der Waals surface area contributed by atoms with Gasteiger partial charge < -0.3 is 4.90 Å². The molecule has 128 valence electrons. The van der Waals surface area contributed by atoms with Crippen LogP contribution in [0.3, 0.4) is 0 Å². The average Bonchev–Trinajstić information content (AvgIpc) is 2.78. The van der Waals surface area contributed by atoms with E-state index < -0.39 is 0 Å². The Kier molecular flexibility index (Phi) is 7.96. The van der Waals surface area contributed by atoms with Gasteiger partial charge in [0.1, 0.15) is 0 Å². The van der Waals surface area contributed by atoms with Crippen LogP contribution in [0.25, 0.3) is 0 Å². The molecule has 1 amide bonds. The molecule has 0 bridgehead atoms. The van der Waals surface area contributed by atoms with Gasteiger partial charge in [0.15, 0.2) is 0 Å². The van der Waals surface area contributed by atoms with Gasteiger partial charge in [-0.1, -0.05) is 44.2 Å². The summed E-state index contributed by atoms with van der Waals surface area (Å²) in [6, 6.07) is 10.6. The second-order valence-corrected chi connectivity index (χ2v) is 7.84. The lowest BCUT2D eigenvalue weighted by atomic mass is 10.2. The standard InChI is InChI=1S/C19H30N2OS/c1-17(2)9-14-23-16-19(22)21-11-6-10-20(12-13-21)15-18-7-4-3-5-8-18/h3-5,7-8,17H,6,9-16H2,1-2H3. The molecule has 1 aromatic carbocycles. The zero-order chi connectivity index (χ0) is 16.5. The molecule has 3 nitrogen and oxygen atoms in total. The van der Waals surface area contributed by atoms with Crippen molar-refractivity contribution in [3.8, 4) is 0 Å². The van der Waals surface area contributed by atoms with Gasteiger partial charge >= 0.3 is 0 Å². The predicted molar refractivity (Wildman–Crippen MR) is 99.7 cm³/mol. The van der Waals surface area contributed by atoms with Crippen molar-refractivity contribution in [1.82, 2.24) is 9.80 Å². The lowest BCUT2D eigenvalue weighted by Crippen LogP contribution is -2.36. The lowest BCUT2D eigenvalue weighted by Gasteiger charge is -2.22. The summed E-state index contributed by atoms with van der Waals surface area (Å²) in [5.41, 5.74) is 1.36. The molecule has 23 heavy (non-hydrogen) atoms. The van der Waals surface area contributed by atoms with Gasteiger partial charge in [-0.2, -0.15) is 11.8 Å². The predicted octanol–water partition coefficient (Wildman–Crippen LogP) is 3.50. The largest absolute Gasteiger partial charge is 0.341 e. The maximum Gasteiger partial charge on any atom is 0.232 e. The molecule has 1 fully saturated rings. The van der Waals surface area contributed by atoms with Crippen LogP contribution in [0.15, 0.2) is 30.3 Å². The molecule has 0 aromatic heterocycles. The normalized spacial score (nSPS) is 16.6. The van der Waals surface area contributed by atoms with Crippen LogP contribution >= 0.6 is 11.8 Å². The number of rotatable bonds is 7. The fraction of sp³-hybridized carbons (Fsp3) is 0.632. The second-order valence-electron chi connectivity index (χ2n) is 6.73. The quantitative estimate of drug-likeness (QED) is 0.713. The summed E-state index contributed by atoms with van der Waals surface area (Å²) in [5.74, 6) is 2.78. The third kappa shape index (κ3) is 6.96. The van der Waals surface area contributed by atoms with E-state index in [1.807, 2.05) is 0 Å². The smallest absolute Gasteiger partial charge is 0.232 e. The van der Waals surface area contributed by atoms with Crippen molar-refractivity contribution in [1.29, 1.82) is 0 Å². The molecule has 0 atom stereocenters. The minimum atomic E-state index is 0.320. The fourth-order valence-electron chi connectivity index (χ4n) is 2.79. The summed E-state index contributed by atoms with van der Waals surface area (Å²) >= 11 is 1.79. The van der Waals surface area contributed by atoms with Gasteiger partial charge in [-0.25, -0.2) is 0 Å². The molecule has 2 rings (SSSR count). The van der Waals surface area contributed by atoms with Crippen LogP contribution < -0.4 is 0 Å². The van der Waals surface area contributed by atoms with Crippen molar-refractivity contribution in [2.24, 2.45) is 5.92 Å². The van der Waals surface area contributed by atoms with E-state index in [9.17, 15) is 4.79 Å². The van der Waals surface area contributed by atoms with Crippen molar-refractivity contribution in [3.63, 3.8) is 0 Å². The number of carbonyl (C=O) groups excluding carboxylic acids is 1. The number of nitrogens with zero attached hydrogens (tertiary/aromatic N) is 2. The maximum atomic E-state index is 12.3. The molecule has 0 spiro atoms. The first-order chi connectivity index (χ1) is 11.1.